The van der Waals surface area contributed by atoms with Gasteiger partial charge in [0.05, 0.1) is 17.8 Å². The zero-order valence-corrected chi connectivity index (χ0v) is 13.8. The summed E-state index contributed by atoms with van der Waals surface area (Å²) in [5, 5.41) is 11.6. The second-order valence-electron chi connectivity index (χ2n) is 5.72. The number of carbonyl (C=O) groups is 1. The van der Waals surface area contributed by atoms with Gasteiger partial charge in [-0.1, -0.05) is 29.8 Å². The highest BCUT2D eigenvalue weighted by molar-refractivity contribution is 5.90. The molecule has 0 fully saturated rings. The van der Waals surface area contributed by atoms with Crippen LogP contribution in [0.1, 0.15) is 23.4 Å². The summed E-state index contributed by atoms with van der Waals surface area (Å²) in [5.41, 5.74) is 3.37. The topological polar surface area (TPSA) is 78.9 Å². The molecule has 1 N–H and O–H groups in total. The number of amides is 1. The summed E-state index contributed by atoms with van der Waals surface area (Å²) in [6.45, 7) is 2.03. The van der Waals surface area contributed by atoms with Crippen LogP contribution in [0.4, 0.5) is 5.69 Å². The highest BCUT2D eigenvalue weighted by Crippen LogP contribution is 2.21. The molecule has 1 amide bonds. The van der Waals surface area contributed by atoms with Gasteiger partial charge in [0.25, 0.3) is 0 Å². The van der Waals surface area contributed by atoms with Gasteiger partial charge in [-0.15, -0.1) is 0 Å². The number of nitriles is 1. The Balaban J connectivity index is 1.55. The first-order valence-corrected chi connectivity index (χ1v) is 7.96. The molecule has 0 bridgehead atoms. The second kappa shape index (κ2) is 7.45. The summed E-state index contributed by atoms with van der Waals surface area (Å²) < 4.78 is 5.71. The lowest BCUT2D eigenvalue weighted by atomic mass is 10.1. The van der Waals surface area contributed by atoms with E-state index in [-0.39, 0.29) is 12.3 Å². The Bertz CT molecular complexity index is 903. The third-order valence-corrected chi connectivity index (χ3v) is 3.75. The lowest BCUT2D eigenvalue weighted by Crippen LogP contribution is -2.12. The zero-order chi connectivity index (χ0) is 17.6. The highest BCUT2D eigenvalue weighted by atomic mass is 16.4. The molecule has 5 heteroatoms. The first-order valence-electron chi connectivity index (χ1n) is 7.96. The maximum Gasteiger partial charge on any atom is 0.224 e. The van der Waals surface area contributed by atoms with E-state index in [4.69, 9.17) is 9.68 Å². The van der Waals surface area contributed by atoms with E-state index < -0.39 is 0 Å². The molecule has 2 aromatic carbocycles. The fourth-order valence-corrected chi connectivity index (χ4v) is 2.35. The van der Waals surface area contributed by atoms with Gasteiger partial charge < -0.3 is 9.73 Å². The van der Waals surface area contributed by atoms with Crippen molar-refractivity contribution in [3.05, 3.63) is 71.7 Å². The minimum Gasteiger partial charge on any atom is -0.441 e. The van der Waals surface area contributed by atoms with Gasteiger partial charge in [-0.2, -0.15) is 5.26 Å². The Morgan fingerprint density at radius 1 is 1.16 bits per heavy atom. The van der Waals surface area contributed by atoms with Gasteiger partial charge >= 0.3 is 0 Å². The third-order valence-electron chi connectivity index (χ3n) is 3.75. The van der Waals surface area contributed by atoms with Gasteiger partial charge in [0.15, 0.2) is 11.7 Å². The van der Waals surface area contributed by atoms with Crippen molar-refractivity contribution in [3.8, 4) is 17.4 Å². The summed E-state index contributed by atoms with van der Waals surface area (Å²) in [6, 6.07) is 16.8. The monoisotopic (exact) mass is 331 g/mol. The molecule has 0 radical (unpaired) electrons. The van der Waals surface area contributed by atoms with E-state index in [1.807, 2.05) is 37.3 Å². The van der Waals surface area contributed by atoms with Crippen LogP contribution in [0, 0.1) is 18.3 Å². The molecule has 124 valence electrons. The molecule has 0 aliphatic heterocycles. The van der Waals surface area contributed by atoms with Crippen LogP contribution in [0.5, 0.6) is 0 Å². The van der Waals surface area contributed by atoms with E-state index in [2.05, 4.69) is 10.3 Å². The fraction of sp³-hybridized carbons (Fsp3) is 0.150. The Morgan fingerprint density at radius 2 is 1.88 bits per heavy atom. The van der Waals surface area contributed by atoms with Crippen LogP contribution in [0.15, 0.2) is 59.1 Å². The molecule has 5 nitrogen and oxygen atoms in total. The van der Waals surface area contributed by atoms with Crippen molar-refractivity contribution in [2.75, 3.05) is 5.32 Å². The lowest BCUT2D eigenvalue weighted by molar-refractivity contribution is -0.116. The van der Waals surface area contributed by atoms with Gasteiger partial charge in [-0.25, -0.2) is 4.98 Å². The first kappa shape index (κ1) is 16.5. The smallest absolute Gasteiger partial charge is 0.224 e. The number of aromatic nitrogens is 1. The van der Waals surface area contributed by atoms with Crippen molar-refractivity contribution >= 4 is 11.6 Å². The second-order valence-corrected chi connectivity index (χ2v) is 5.72. The molecule has 0 saturated carbocycles. The summed E-state index contributed by atoms with van der Waals surface area (Å²) in [4.78, 5) is 16.2. The van der Waals surface area contributed by atoms with E-state index in [1.165, 1.54) is 5.56 Å². The average Bonchev–Trinajstić information content (AvgIpc) is 3.10. The Morgan fingerprint density at radius 3 is 2.56 bits per heavy atom. The maximum atomic E-state index is 12.0. The molecule has 0 atom stereocenters. The Labute approximate surface area is 145 Å². The molecule has 1 aromatic heterocycles. The third kappa shape index (κ3) is 4.33. The summed E-state index contributed by atoms with van der Waals surface area (Å²) in [6.07, 6.45) is 2.38. The van der Waals surface area contributed by atoms with E-state index in [1.54, 1.807) is 30.5 Å². The normalized spacial score (nSPS) is 10.2. The van der Waals surface area contributed by atoms with Crippen molar-refractivity contribution in [2.45, 2.75) is 19.8 Å². The van der Waals surface area contributed by atoms with Crippen LogP contribution in [-0.4, -0.2) is 10.9 Å². The SMILES string of the molecule is Cc1ccc(-c2cnc(CCC(=O)Nc3ccc(C#N)cc3)o2)cc1. The molecule has 3 aromatic rings. The molecular formula is C20H17N3O2. The van der Waals surface area contributed by atoms with Crippen molar-refractivity contribution in [1.82, 2.24) is 4.98 Å². The zero-order valence-electron chi connectivity index (χ0n) is 13.8. The average molecular weight is 331 g/mol. The number of hydrogen-bond donors (Lipinski definition) is 1. The molecule has 1 heterocycles. The molecule has 3 rings (SSSR count). The molecule has 0 aliphatic rings. The van der Waals surface area contributed by atoms with Crippen molar-refractivity contribution < 1.29 is 9.21 Å². The van der Waals surface area contributed by atoms with E-state index in [0.29, 0.717) is 29.3 Å². The summed E-state index contributed by atoms with van der Waals surface area (Å²) in [5.74, 6) is 1.10. The minimum atomic E-state index is -0.125. The van der Waals surface area contributed by atoms with Crippen LogP contribution >= 0.6 is 0 Å². The Hall–Kier alpha value is -3.39. The van der Waals surface area contributed by atoms with Crippen molar-refractivity contribution in [2.24, 2.45) is 0 Å². The lowest BCUT2D eigenvalue weighted by Gasteiger charge is -2.04. The number of rotatable bonds is 5. The number of oxazole rings is 1. The Kier molecular flexibility index (Phi) is 4.91. The number of nitrogens with zero attached hydrogens (tertiary/aromatic N) is 2. The molecule has 25 heavy (non-hydrogen) atoms. The first-order chi connectivity index (χ1) is 12.1. The quantitative estimate of drug-likeness (QED) is 0.763. The van der Waals surface area contributed by atoms with Crippen LogP contribution in [-0.2, 0) is 11.2 Å². The molecule has 0 aliphatic carbocycles. The van der Waals surface area contributed by atoms with Gasteiger partial charge in [-0.05, 0) is 31.2 Å². The van der Waals surface area contributed by atoms with Crippen molar-refractivity contribution in [1.29, 1.82) is 5.26 Å². The number of anilines is 1. The molecule has 0 saturated heterocycles. The van der Waals surface area contributed by atoms with Crippen LogP contribution < -0.4 is 5.32 Å². The van der Waals surface area contributed by atoms with Crippen LogP contribution in [0.3, 0.4) is 0 Å². The largest absolute Gasteiger partial charge is 0.441 e. The summed E-state index contributed by atoms with van der Waals surface area (Å²) in [7, 11) is 0. The molecule has 0 unspecified atom stereocenters. The summed E-state index contributed by atoms with van der Waals surface area (Å²) >= 11 is 0. The van der Waals surface area contributed by atoms with E-state index in [0.717, 1.165) is 5.56 Å². The van der Waals surface area contributed by atoms with Gasteiger partial charge in [0.1, 0.15) is 0 Å². The van der Waals surface area contributed by atoms with Gasteiger partial charge in [0, 0.05) is 24.1 Å². The number of aryl methyl sites for hydroxylation is 2. The maximum absolute atomic E-state index is 12.0. The van der Waals surface area contributed by atoms with Gasteiger partial charge in [-0.3, -0.25) is 4.79 Å². The van der Waals surface area contributed by atoms with Crippen molar-refractivity contribution in [3.63, 3.8) is 0 Å². The minimum absolute atomic E-state index is 0.125. The van der Waals surface area contributed by atoms with Crippen LogP contribution in [0.2, 0.25) is 0 Å². The fourth-order valence-electron chi connectivity index (χ4n) is 2.35. The van der Waals surface area contributed by atoms with E-state index >= 15 is 0 Å². The van der Waals surface area contributed by atoms with Gasteiger partial charge in [0.2, 0.25) is 5.91 Å². The highest BCUT2D eigenvalue weighted by Gasteiger charge is 2.09. The number of carbonyl (C=O) groups excluding carboxylic acids is 1. The standard InChI is InChI=1S/C20H17N3O2/c1-14-2-6-16(7-3-14)18-13-22-20(25-18)11-10-19(24)23-17-8-4-15(12-21)5-9-17/h2-9,13H,10-11H2,1H3,(H,23,24). The number of hydrogen-bond acceptors (Lipinski definition) is 4. The predicted octanol–water partition coefficient (Wildman–Crippen LogP) is 4.09. The molecular weight excluding hydrogens is 314 g/mol. The molecule has 0 spiro atoms. The van der Waals surface area contributed by atoms with E-state index in [9.17, 15) is 4.79 Å². The number of benzene rings is 2. The van der Waals surface area contributed by atoms with Crippen LogP contribution in [0.25, 0.3) is 11.3 Å². The number of nitrogens with one attached hydrogen (secondary N) is 1. The predicted molar refractivity (Wildman–Crippen MR) is 94.8 cm³/mol.